The maximum absolute atomic E-state index is 12.2. The molecule has 0 spiro atoms. The number of aromatic nitrogens is 4. The van der Waals surface area contributed by atoms with E-state index in [0.717, 1.165) is 30.4 Å². The van der Waals surface area contributed by atoms with E-state index in [1.807, 2.05) is 6.92 Å². The van der Waals surface area contributed by atoms with E-state index in [1.165, 1.54) is 17.7 Å². The van der Waals surface area contributed by atoms with Gasteiger partial charge in [0.2, 0.25) is 5.89 Å². The molecule has 1 aliphatic carbocycles. The summed E-state index contributed by atoms with van der Waals surface area (Å²) in [5, 5.41) is 3.96. The van der Waals surface area contributed by atoms with E-state index >= 15 is 0 Å². The van der Waals surface area contributed by atoms with Crippen molar-refractivity contribution in [2.45, 2.75) is 31.6 Å². The Morgan fingerprint density at radius 2 is 2.08 bits per heavy atom. The molecule has 8 nitrogen and oxygen atoms in total. The van der Waals surface area contributed by atoms with Crippen molar-refractivity contribution in [2.75, 3.05) is 18.0 Å². The highest BCUT2D eigenvalue weighted by molar-refractivity contribution is 5.43. The molecule has 0 amide bonds. The number of rotatable bonds is 2. The van der Waals surface area contributed by atoms with Crippen LogP contribution in [0.3, 0.4) is 0 Å². The summed E-state index contributed by atoms with van der Waals surface area (Å²) < 4.78 is 8.17. The zero-order chi connectivity index (χ0) is 17.1. The summed E-state index contributed by atoms with van der Waals surface area (Å²) in [6.45, 7) is 3.31. The molecule has 3 heterocycles. The van der Waals surface area contributed by atoms with Crippen LogP contribution in [0.2, 0.25) is 0 Å². The van der Waals surface area contributed by atoms with Gasteiger partial charge in [0.1, 0.15) is 5.82 Å². The lowest BCUT2D eigenvalue weighted by atomic mass is 9.80. The van der Waals surface area contributed by atoms with Crippen molar-refractivity contribution >= 4 is 5.82 Å². The summed E-state index contributed by atoms with van der Waals surface area (Å²) in [5.74, 6) is 2.40. The van der Waals surface area contributed by atoms with Crippen LogP contribution in [0.4, 0.5) is 5.82 Å². The fourth-order valence-corrected chi connectivity index (χ4v) is 4.34. The molecular formula is C16H21N5O3. The molecule has 2 fully saturated rings. The molecule has 128 valence electrons. The number of fused-ring (bicyclic) bond motifs is 1. The topological polar surface area (TPSA) is 86.2 Å². The van der Waals surface area contributed by atoms with Crippen molar-refractivity contribution < 1.29 is 4.52 Å². The summed E-state index contributed by atoms with van der Waals surface area (Å²) in [6, 6.07) is 1.54. The first kappa shape index (κ1) is 15.2. The number of anilines is 1. The average Bonchev–Trinajstić information content (AvgIpc) is 3.22. The van der Waals surface area contributed by atoms with Crippen molar-refractivity contribution in [1.82, 2.24) is 19.3 Å². The largest absolute Gasteiger partial charge is 0.356 e. The monoisotopic (exact) mass is 331 g/mol. The Labute approximate surface area is 138 Å². The number of nitrogens with zero attached hydrogens (tertiary/aromatic N) is 5. The highest BCUT2D eigenvalue weighted by atomic mass is 16.5. The molecule has 8 heteroatoms. The van der Waals surface area contributed by atoms with Crippen LogP contribution in [0.25, 0.3) is 0 Å². The van der Waals surface area contributed by atoms with Crippen LogP contribution in [-0.2, 0) is 19.5 Å². The molecule has 1 aliphatic heterocycles. The molecule has 2 atom stereocenters. The molecule has 0 N–H and O–H groups in total. The molecule has 24 heavy (non-hydrogen) atoms. The Morgan fingerprint density at radius 3 is 2.79 bits per heavy atom. The summed E-state index contributed by atoms with van der Waals surface area (Å²) >= 11 is 0. The van der Waals surface area contributed by atoms with Gasteiger partial charge in [0.25, 0.3) is 5.56 Å². The van der Waals surface area contributed by atoms with Gasteiger partial charge in [-0.15, -0.1) is 0 Å². The molecule has 0 aromatic carbocycles. The van der Waals surface area contributed by atoms with Crippen LogP contribution in [0, 0.1) is 12.8 Å². The van der Waals surface area contributed by atoms with Gasteiger partial charge >= 0.3 is 5.69 Å². The van der Waals surface area contributed by atoms with Crippen molar-refractivity contribution in [3.8, 4) is 0 Å². The van der Waals surface area contributed by atoms with Gasteiger partial charge in [-0.1, -0.05) is 11.6 Å². The van der Waals surface area contributed by atoms with Crippen molar-refractivity contribution in [2.24, 2.45) is 20.0 Å². The first-order chi connectivity index (χ1) is 11.4. The zero-order valence-electron chi connectivity index (χ0n) is 14.2. The number of hydrogen-bond donors (Lipinski definition) is 0. The second-order valence-corrected chi connectivity index (χ2v) is 7.01. The third-order valence-corrected chi connectivity index (χ3v) is 5.65. The Kier molecular flexibility index (Phi) is 3.20. The van der Waals surface area contributed by atoms with E-state index in [1.54, 1.807) is 7.05 Å². The quantitative estimate of drug-likeness (QED) is 0.788. The van der Waals surface area contributed by atoms with Gasteiger partial charge in [0.15, 0.2) is 5.82 Å². The van der Waals surface area contributed by atoms with Crippen molar-refractivity contribution in [3.05, 3.63) is 38.6 Å². The minimum absolute atomic E-state index is 0.168. The lowest BCUT2D eigenvalue weighted by Crippen LogP contribution is -2.40. The van der Waals surface area contributed by atoms with Gasteiger partial charge in [-0.2, -0.15) is 4.98 Å². The highest BCUT2D eigenvalue weighted by Crippen LogP contribution is 2.50. The van der Waals surface area contributed by atoms with Gasteiger partial charge in [-0.05, 0) is 25.7 Å². The van der Waals surface area contributed by atoms with E-state index in [9.17, 15) is 9.59 Å². The fraction of sp³-hybridized carbons (Fsp3) is 0.625. The molecule has 0 bridgehead atoms. The number of aryl methyl sites for hydroxylation is 1. The Bertz CT molecular complexity index is 911. The molecule has 1 saturated carbocycles. The van der Waals surface area contributed by atoms with Crippen LogP contribution in [0.5, 0.6) is 0 Å². The van der Waals surface area contributed by atoms with Gasteiger partial charge in [0, 0.05) is 33.3 Å². The molecule has 2 aromatic rings. The van der Waals surface area contributed by atoms with E-state index in [-0.39, 0.29) is 16.7 Å². The molecule has 0 unspecified atom stereocenters. The maximum Gasteiger partial charge on any atom is 0.332 e. The predicted octanol–water partition coefficient (Wildman–Crippen LogP) is 0.334. The first-order valence-electron chi connectivity index (χ1n) is 8.25. The minimum atomic E-state index is -0.308. The van der Waals surface area contributed by atoms with Crippen molar-refractivity contribution in [3.63, 3.8) is 0 Å². The Hall–Kier alpha value is -2.38. The smallest absolute Gasteiger partial charge is 0.332 e. The fourth-order valence-electron chi connectivity index (χ4n) is 4.34. The molecule has 2 aromatic heterocycles. The lowest BCUT2D eigenvalue weighted by molar-refractivity contribution is 0.265. The molecule has 4 rings (SSSR count). The predicted molar refractivity (Wildman–Crippen MR) is 87.2 cm³/mol. The molecule has 2 aliphatic rings. The molecular weight excluding hydrogens is 310 g/mol. The van der Waals surface area contributed by atoms with E-state index in [4.69, 9.17) is 4.52 Å². The van der Waals surface area contributed by atoms with Gasteiger partial charge in [0.05, 0.1) is 5.41 Å². The van der Waals surface area contributed by atoms with Crippen LogP contribution < -0.4 is 16.1 Å². The SMILES string of the molecule is Cc1noc([C@]23CCC[C@H]2CN(c2cc(=O)n(C)c(=O)n2C)C3)n1. The maximum atomic E-state index is 12.2. The Morgan fingerprint density at radius 1 is 1.29 bits per heavy atom. The third kappa shape index (κ3) is 1.98. The normalized spacial score (nSPS) is 26.1. The van der Waals surface area contributed by atoms with Crippen LogP contribution in [0.15, 0.2) is 20.2 Å². The number of hydrogen-bond acceptors (Lipinski definition) is 6. The van der Waals surface area contributed by atoms with Crippen LogP contribution in [-0.4, -0.2) is 32.4 Å². The molecule has 0 radical (unpaired) electrons. The van der Waals surface area contributed by atoms with Gasteiger partial charge in [-0.25, -0.2) is 4.79 Å². The lowest BCUT2D eigenvalue weighted by Gasteiger charge is -2.25. The summed E-state index contributed by atoms with van der Waals surface area (Å²) in [5.41, 5.74) is -0.761. The molecule has 1 saturated heterocycles. The van der Waals surface area contributed by atoms with E-state index < -0.39 is 0 Å². The standard InChI is InChI=1S/C16H21N5O3/c1-10-17-14(24-18-10)16-6-4-5-11(16)8-21(9-16)12-7-13(22)20(3)15(23)19(12)2/h7,11H,4-6,8-9H2,1-3H3/t11-,16-/m0/s1. The van der Waals surface area contributed by atoms with Gasteiger partial charge in [-0.3, -0.25) is 13.9 Å². The zero-order valence-corrected chi connectivity index (χ0v) is 14.2. The van der Waals surface area contributed by atoms with Crippen molar-refractivity contribution in [1.29, 1.82) is 0 Å². The average molecular weight is 331 g/mol. The first-order valence-corrected chi connectivity index (χ1v) is 8.25. The van der Waals surface area contributed by atoms with E-state index in [0.29, 0.717) is 30.0 Å². The van der Waals surface area contributed by atoms with Crippen LogP contribution >= 0.6 is 0 Å². The van der Waals surface area contributed by atoms with Crippen LogP contribution in [0.1, 0.15) is 31.0 Å². The van der Waals surface area contributed by atoms with E-state index in [2.05, 4.69) is 15.0 Å². The highest BCUT2D eigenvalue weighted by Gasteiger charge is 2.54. The van der Waals surface area contributed by atoms with Gasteiger partial charge < -0.3 is 9.42 Å². The third-order valence-electron chi connectivity index (χ3n) is 5.65. The Balaban J connectivity index is 1.77. The minimum Gasteiger partial charge on any atom is -0.356 e. The summed E-state index contributed by atoms with van der Waals surface area (Å²) in [7, 11) is 3.20. The summed E-state index contributed by atoms with van der Waals surface area (Å²) in [4.78, 5) is 30.9. The summed E-state index contributed by atoms with van der Waals surface area (Å²) in [6.07, 6.45) is 3.22. The second kappa shape index (κ2) is 5.06. The second-order valence-electron chi connectivity index (χ2n) is 7.01.